The first-order valence-corrected chi connectivity index (χ1v) is 15.5. The molecule has 52 heavy (non-hydrogen) atoms. The molecule has 0 radical (unpaired) electrons. The highest BCUT2D eigenvalue weighted by molar-refractivity contribution is 5.86. The van der Waals surface area contributed by atoms with Gasteiger partial charge in [-0.2, -0.15) is 0 Å². The van der Waals surface area contributed by atoms with Crippen LogP contribution in [0.25, 0.3) is 0 Å². The fourth-order valence-corrected chi connectivity index (χ4v) is 5.72. The first-order valence-electron chi connectivity index (χ1n) is 15.5. The molecule has 0 unspecified atom stereocenters. The topological polar surface area (TPSA) is 278 Å². The molecule has 4 aromatic rings. The lowest BCUT2D eigenvalue weighted by Gasteiger charge is -2.22. The zero-order chi connectivity index (χ0) is 37.9. The Kier molecular flexibility index (Phi) is 10.5. The van der Waals surface area contributed by atoms with Gasteiger partial charge in [0.1, 0.15) is 12.0 Å². The van der Waals surface area contributed by atoms with Gasteiger partial charge >= 0.3 is 23.9 Å². The molecule has 1 aliphatic heterocycles. The first kappa shape index (κ1) is 36.4. The highest BCUT2D eigenvalue weighted by Crippen LogP contribution is 2.53. The number of aryl methyl sites for hydroxylation is 1. The van der Waals surface area contributed by atoms with Gasteiger partial charge in [-0.05, 0) is 71.1 Å². The van der Waals surface area contributed by atoms with Crippen molar-refractivity contribution in [1.82, 2.24) is 0 Å². The number of phenols is 7. The molecule has 4 atom stereocenters. The molecule has 0 aromatic heterocycles. The molecule has 0 fully saturated rings. The third-order valence-corrected chi connectivity index (χ3v) is 8.31. The summed E-state index contributed by atoms with van der Waals surface area (Å²) in [4.78, 5) is 51.0. The SMILES string of the molecule is O=C(CCc1ccc(O)c2c1[C@H](C(=O)O[C@H](Cc1ccc(O)c(O)c1)C(=O)O)[C@@H](c1ccc(O)c(O)c1)O2)O[C@H](Cc1ccc(O)c(O)c1)C(=O)O. The number of aromatic hydroxyl groups is 7. The van der Waals surface area contributed by atoms with Crippen molar-refractivity contribution in [1.29, 1.82) is 0 Å². The van der Waals surface area contributed by atoms with E-state index in [-0.39, 0.29) is 46.4 Å². The molecule has 1 aliphatic rings. The van der Waals surface area contributed by atoms with Crippen LogP contribution in [-0.2, 0) is 47.9 Å². The first-order chi connectivity index (χ1) is 24.6. The molecule has 272 valence electrons. The van der Waals surface area contributed by atoms with Crippen LogP contribution in [0.4, 0.5) is 0 Å². The van der Waals surface area contributed by atoms with Crippen LogP contribution in [-0.4, -0.2) is 82.0 Å². The molecule has 0 spiro atoms. The van der Waals surface area contributed by atoms with Crippen molar-refractivity contribution in [3.63, 3.8) is 0 Å². The van der Waals surface area contributed by atoms with Gasteiger partial charge < -0.3 is 60.2 Å². The van der Waals surface area contributed by atoms with Crippen LogP contribution < -0.4 is 4.74 Å². The third-order valence-electron chi connectivity index (χ3n) is 8.31. The van der Waals surface area contributed by atoms with Crippen LogP contribution in [0.1, 0.15) is 46.3 Å². The molecular weight excluding hydrogens is 688 g/mol. The average molecular weight is 721 g/mol. The molecule has 5 rings (SSSR count). The standard InChI is InChI=1S/C36H32O16/c37-20-6-1-16(11-24(20)41)13-27(34(45)46)50-29(44)10-5-18-3-9-23(40)33-30(18)31(32(52-33)19-4-8-22(39)26(43)15-19)36(49)51-28(35(47)48)14-17-2-7-21(38)25(42)12-17/h1-4,6-9,11-12,15,27-28,31-32,37-43H,5,10,13-14H2,(H,45,46)(H,47,48)/t27-,28-,31+,32-/m1/s1. The number of carboxylic acids is 2. The summed E-state index contributed by atoms with van der Waals surface area (Å²) in [5.41, 5.74) is 0.771. The molecule has 0 amide bonds. The minimum absolute atomic E-state index is 0.00358. The molecule has 16 heteroatoms. The molecule has 0 saturated carbocycles. The molecule has 16 nitrogen and oxygen atoms in total. The maximum atomic E-state index is 14.0. The van der Waals surface area contributed by atoms with E-state index in [0.29, 0.717) is 0 Å². The molecule has 9 N–H and O–H groups in total. The fourth-order valence-electron chi connectivity index (χ4n) is 5.72. The number of esters is 2. The van der Waals surface area contributed by atoms with Crippen molar-refractivity contribution >= 4 is 23.9 Å². The Morgan fingerprint density at radius 3 is 1.63 bits per heavy atom. The Hall–Kier alpha value is -6.84. The molecule has 1 heterocycles. The summed E-state index contributed by atoms with van der Waals surface area (Å²) >= 11 is 0. The zero-order valence-corrected chi connectivity index (χ0v) is 26.9. The minimum atomic E-state index is -1.83. The van der Waals surface area contributed by atoms with E-state index >= 15 is 0 Å². The average Bonchev–Trinajstić information content (AvgIpc) is 3.50. The van der Waals surface area contributed by atoms with E-state index in [1.165, 1.54) is 30.3 Å². The number of ether oxygens (including phenoxy) is 3. The van der Waals surface area contributed by atoms with Crippen LogP contribution in [0.15, 0.2) is 66.7 Å². The highest BCUT2D eigenvalue weighted by atomic mass is 16.6. The summed E-state index contributed by atoms with van der Waals surface area (Å²) < 4.78 is 16.6. The van der Waals surface area contributed by atoms with Gasteiger partial charge in [-0.25, -0.2) is 9.59 Å². The largest absolute Gasteiger partial charge is 0.504 e. The molecule has 4 aromatic carbocycles. The molecular formula is C36H32O16. The van der Waals surface area contributed by atoms with Gasteiger partial charge in [0.05, 0.1) is 0 Å². The normalized spacial score (nSPS) is 15.8. The van der Waals surface area contributed by atoms with E-state index in [0.717, 1.165) is 36.4 Å². The van der Waals surface area contributed by atoms with E-state index in [2.05, 4.69) is 0 Å². The minimum Gasteiger partial charge on any atom is -0.504 e. The highest BCUT2D eigenvalue weighted by Gasteiger charge is 2.46. The Morgan fingerprint density at radius 2 is 1.12 bits per heavy atom. The maximum absolute atomic E-state index is 14.0. The monoisotopic (exact) mass is 720 g/mol. The molecule has 0 aliphatic carbocycles. The summed E-state index contributed by atoms with van der Waals surface area (Å²) in [7, 11) is 0. The number of phenolic OH excluding ortho intramolecular Hbond substituents is 7. The number of fused-ring (bicyclic) bond motifs is 1. The summed E-state index contributed by atoms with van der Waals surface area (Å²) in [6.07, 6.45) is -6.30. The van der Waals surface area contributed by atoms with E-state index < -0.39 is 101 Å². The van der Waals surface area contributed by atoms with Crippen LogP contribution in [0.2, 0.25) is 0 Å². The summed E-state index contributed by atoms with van der Waals surface area (Å²) in [5.74, 6) is -10.4. The lowest BCUT2D eigenvalue weighted by Crippen LogP contribution is -2.33. The second kappa shape index (κ2) is 15.0. The van der Waals surface area contributed by atoms with E-state index in [4.69, 9.17) is 14.2 Å². The second-order valence-electron chi connectivity index (χ2n) is 11.9. The Morgan fingerprint density at radius 1 is 0.615 bits per heavy atom. The Balaban J connectivity index is 1.43. The lowest BCUT2D eigenvalue weighted by molar-refractivity contribution is -0.166. The van der Waals surface area contributed by atoms with E-state index in [1.807, 2.05) is 0 Å². The smallest absolute Gasteiger partial charge is 0.345 e. The lowest BCUT2D eigenvalue weighted by atomic mass is 9.86. The summed E-state index contributed by atoms with van der Waals surface area (Å²) in [5, 5.41) is 89.2. The van der Waals surface area contributed by atoms with Crippen LogP contribution >= 0.6 is 0 Å². The number of hydrogen-bond donors (Lipinski definition) is 9. The number of carbonyl (C=O) groups excluding carboxylic acids is 2. The van der Waals surface area contributed by atoms with E-state index in [1.54, 1.807) is 0 Å². The van der Waals surface area contributed by atoms with Gasteiger partial charge in [0.25, 0.3) is 0 Å². The number of hydrogen-bond acceptors (Lipinski definition) is 14. The third kappa shape index (κ3) is 7.96. The maximum Gasteiger partial charge on any atom is 0.345 e. The predicted octanol–water partition coefficient (Wildman–Crippen LogP) is 3.25. The van der Waals surface area contributed by atoms with Gasteiger partial charge in [-0.1, -0.05) is 24.3 Å². The zero-order valence-electron chi connectivity index (χ0n) is 26.9. The number of carboxylic acid groups (broad SMARTS) is 2. The predicted molar refractivity (Wildman–Crippen MR) is 174 cm³/mol. The van der Waals surface area contributed by atoms with Gasteiger partial charge in [-0.3, -0.25) is 9.59 Å². The van der Waals surface area contributed by atoms with Crippen molar-refractivity contribution in [3.8, 4) is 46.0 Å². The summed E-state index contributed by atoms with van der Waals surface area (Å²) in [6, 6.07) is 13.2. The molecule has 0 saturated heterocycles. The number of rotatable bonds is 13. The second-order valence-corrected chi connectivity index (χ2v) is 11.9. The van der Waals surface area contributed by atoms with Gasteiger partial charge in [-0.15, -0.1) is 0 Å². The quantitative estimate of drug-likeness (QED) is 0.0708. The van der Waals surface area contributed by atoms with Gasteiger partial charge in [0.15, 0.2) is 46.0 Å². The van der Waals surface area contributed by atoms with Crippen molar-refractivity contribution in [3.05, 3.63) is 94.5 Å². The van der Waals surface area contributed by atoms with Crippen molar-refractivity contribution < 1.29 is 79.3 Å². The fraction of sp³-hybridized carbons (Fsp3) is 0.222. The Labute approximate surface area is 293 Å². The van der Waals surface area contributed by atoms with Gasteiger partial charge in [0.2, 0.25) is 12.2 Å². The number of carbonyl (C=O) groups is 4. The number of aliphatic carboxylic acids is 2. The summed E-state index contributed by atoms with van der Waals surface area (Å²) in [6.45, 7) is 0. The molecule has 0 bridgehead atoms. The van der Waals surface area contributed by atoms with Crippen molar-refractivity contribution in [2.24, 2.45) is 0 Å². The van der Waals surface area contributed by atoms with Crippen LogP contribution in [0.3, 0.4) is 0 Å². The van der Waals surface area contributed by atoms with Crippen molar-refractivity contribution in [2.75, 3.05) is 0 Å². The van der Waals surface area contributed by atoms with Crippen LogP contribution in [0.5, 0.6) is 46.0 Å². The van der Waals surface area contributed by atoms with E-state index in [9.17, 15) is 65.1 Å². The Bertz CT molecular complexity index is 2040. The van der Waals surface area contributed by atoms with Gasteiger partial charge in [0, 0.05) is 24.8 Å². The number of benzene rings is 4. The van der Waals surface area contributed by atoms with Crippen LogP contribution in [0, 0.1) is 0 Å². The van der Waals surface area contributed by atoms with Crippen molar-refractivity contribution in [2.45, 2.75) is 49.9 Å².